The van der Waals surface area contributed by atoms with Crippen LogP contribution in [-0.2, 0) is 11.2 Å². The highest BCUT2D eigenvalue weighted by molar-refractivity contribution is 7.10. The zero-order valence-corrected chi connectivity index (χ0v) is 13.4. The third-order valence-electron chi connectivity index (χ3n) is 4.77. The second-order valence-electron chi connectivity index (χ2n) is 6.36. The van der Waals surface area contributed by atoms with E-state index in [0.29, 0.717) is 12.6 Å². The minimum Gasteiger partial charge on any atom is -0.321 e. The molecule has 1 amide bonds. The molecule has 1 aromatic carbocycles. The number of amides is 1. The maximum atomic E-state index is 12.4. The SMILES string of the molecule is O=C(C[NH+]1CCc2sccc2[C@H]1C1CC1)Nc1ccccc1. The van der Waals surface area contributed by atoms with Crippen LogP contribution in [0.4, 0.5) is 5.69 Å². The Bertz CT molecular complexity index is 663. The fourth-order valence-electron chi connectivity index (χ4n) is 3.63. The maximum absolute atomic E-state index is 12.4. The van der Waals surface area contributed by atoms with Crippen molar-refractivity contribution in [3.63, 3.8) is 0 Å². The molecule has 114 valence electrons. The number of thiophene rings is 1. The number of fused-ring (bicyclic) bond motifs is 1. The molecule has 2 heterocycles. The van der Waals surface area contributed by atoms with E-state index in [2.05, 4.69) is 16.8 Å². The van der Waals surface area contributed by atoms with E-state index in [9.17, 15) is 4.79 Å². The van der Waals surface area contributed by atoms with Gasteiger partial charge in [0.15, 0.2) is 6.54 Å². The number of carbonyl (C=O) groups is 1. The first-order valence-electron chi connectivity index (χ1n) is 8.07. The third-order valence-corrected chi connectivity index (χ3v) is 5.76. The number of hydrogen-bond donors (Lipinski definition) is 2. The number of carbonyl (C=O) groups excluding carboxylic acids is 1. The molecule has 2 atom stereocenters. The van der Waals surface area contributed by atoms with Crippen molar-refractivity contribution in [1.82, 2.24) is 0 Å². The zero-order valence-electron chi connectivity index (χ0n) is 12.5. The molecule has 3 nitrogen and oxygen atoms in total. The second-order valence-corrected chi connectivity index (χ2v) is 7.36. The molecule has 1 aliphatic heterocycles. The van der Waals surface area contributed by atoms with Crippen molar-refractivity contribution in [1.29, 1.82) is 0 Å². The lowest BCUT2D eigenvalue weighted by molar-refractivity contribution is -0.928. The topological polar surface area (TPSA) is 33.5 Å². The summed E-state index contributed by atoms with van der Waals surface area (Å²) in [5.74, 6) is 0.915. The summed E-state index contributed by atoms with van der Waals surface area (Å²) in [6.07, 6.45) is 3.76. The number of benzene rings is 1. The van der Waals surface area contributed by atoms with Crippen molar-refractivity contribution < 1.29 is 9.69 Å². The van der Waals surface area contributed by atoms with Crippen LogP contribution in [0.1, 0.15) is 29.3 Å². The summed E-state index contributed by atoms with van der Waals surface area (Å²) in [5, 5.41) is 5.25. The van der Waals surface area contributed by atoms with Gasteiger partial charge in [-0.25, -0.2) is 0 Å². The van der Waals surface area contributed by atoms with Gasteiger partial charge in [-0.05, 0) is 36.4 Å². The smallest absolute Gasteiger partial charge is 0.279 e. The number of hydrogen-bond acceptors (Lipinski definition) is 2. The predicted octanol–water partition coefficient (Wildman–Crippen LogP) is 2.28. The molecular formula is C18H21N2OS+. The van der Waals surface area contributed by atoms with Crippen LogP contribution in [0.3, 0.4) is 0 Å². The van der Waals surface area contributed by atoms with Crippen molar-refractivity contribution in [2.75, 3.05) is 18.4 Å². The minimum absolute atomic E-state index is 0.130. The molecule has 2 aliphatic rings. The van der Waals surface area contributed by atoms with Crippen LogP contribution < -0.4 is 10.2 Å². The summed E-state index contributed by atoms with van der Waals surface area (Å²) in [4.78, 5) is 15.4. The van der Waals surface area contributed by atoms with Gasteiger partial charge in [-0.15, -0.1) is 11.3 Å². The Morgan fingerprint density at radius 3 is 2.82 bits per heavy atom. The molecule has 1 unspecified atom stereocenters. The van der Waals surface area contributed by atoms with E-state index in [4.69, 9.17) is 0 Å². The first-order chi connectivity index (χ1) is 10.8. The summed E-state index contributed by atoms with van der Waals surface area (Å²) in [6.45, 7) is 1.65. The molecule has 22 heavy (non-hydrogen) atoms. The lowest BCUT2D eigenvalue weighted by Gasteiger charge is -2.32. The van der Waals surface area contributed by atoms with Crippen LogP contribution in [0, 0.1) is 5.92 Å². The van der Waals surface area contributed by atoms with Gasteiger partial charge in [0.05, 0.1) is 6.54 Å². The Kier molecular flexibility index (Phi) is 3.72. The third kappa shape index (κ3) is 2.81. The normalized spacial score (nSPS) is 23.8. The quantitative estimate of drug-likeness (QED) is 0.892. The Morgan fingerprint density at radius 2 is 2.05 bits per heavy atom. The zero-order chi connectivity index (χ0) is 14.9. The van der Waals surface area contributed by atoms with Gasteiger partial charge in [0, 0.05) is 28.5 Å². The van der Waals surface area contributed by atoms with E-state index in [0.717, 1.165) is 24.6 Å². The molecule has 4 rings (SSSR count). The van der Waals surface area contributed by atoms with Gasteiger partial charge < -0.3 is 10.2 Å². The predicted molar refractivity (Wildman–Crippen MR) is 89.3 cm³/mol. The molecular weight excluding hydrogens is 292 g/mol. The number of para-hydroxylation sites is 1. The highest BCUT2D eigenvalue weighted by atomic mass is 32.1. The molecule has 1 aromatic heterocycles. The van der Waals surface area contributed by atoms with Gasteiger partial charge in [0.25, 0.3) is 5.91 Å². The molecule has 0 bridgehead atoms. The highest BCUT2D eigenvalue weighted by Gasteiger charge is 2.43. The number of nitrogens with one attached hydrogen (secondary N) is 2. The molecule has 2 aromatic rings. The molecule has 0 saturated heterocycles. The first kappa shape index (κ1) is 14.0. The van der Waals surface area contributed by atoms with E-state index in [-0.39, 0.29) is 5.91 Å². The summed E-state index contributed by atoms with van der Waals surface area (Å²) in [7, 11) is 0. The maximum Gasteiger partial charge on any atom is 0.279 e. The fraction of sp³-hybridized carbons (Fsp3) is 0.389. The molecule has 1 aliphatic carbocycles. The van der Waals surface area contributed by atoms with E-state index < -0.39 is 0 Å². The van der Waals surface area contributed by atoms with Crippen molar-refractivity contribution in [3.8, 4) is 0 Å². The second kappa shape index (κ2) is 5.86. The average Bonchev–Trinajstić information content (AvgIpc) is 3.24. The van der Waals surface area contributed by atoms with Crippen molar-refractivity contribution in [2.45, 2.75) is 25.3 Å². The van der Waals surface area contributed by atoms with Gasteiger partial charge in [0.1, 0.15) is 6.04 Å². The van der Waals surface area contributed by atoms with Gasteiger partial charge in [-0.2, -0.15) is 0 Å². The molecule has 0 spiro atoms. The van der Waals surface area contributed by atoms with Crippen molar-refractivity contribution in [2.24, 2.45) is 5.92 Å². The van der Waals surface area contributed by atoms with Crippen molar-refractivity contribution in [3.05, 3.63) is 52.2 Å². The Labute approximate surface area is 135 Å². The monoisotopic (exact) mass is 313 g/mol. The van der Waals surface area contributed by atoms with Crippen LogP contribution >= 0.6 is 11.3 Å². The van der Waals surface area contributed by atoms with Gasteiger partial charge in [0.2, 0.25) is 0 Å². The molecule has 1 fully saturated rings. The largest absolute Gasteiger partial charge is 0.321 e. The van der Waals surface area contributed by atoms with Gasteiger partial charge in [-0.3, -0.25) is 4.79 Å². The summed E-state index contributed by atoms with van der Waals surface area (Å²) >= 11 is 1.88. The Morgan fingerprint density at radius 1 is 1.23 bits per heavy atom. The lowest BCUT2D eigenvalue weighted by atomic mass is 9.96. The molecule has 0 radical (unpaired) electrons. The van der Waals surface area contributed by atoms with E-state index >= 15 is 0 Å². The summed E-state index contributed by atoms with van der Waals surface area (Å²) < 4.78 is 0. The highest BCUT2D eigenvalue weighted by Crippen LogP contribution is 2.42. The van der Waals surface area contributed by atoms with E-state index in [1.165, 1.54) is 23.3 Å². The summed E-state index contributed by atoms with van der Waals surface area (Å²) in [6, 6.07) is 12.6. The van der Waals surface area contributed by atoms with Crippen molar-refractivity contribution >= 4 is 22.9 Å². The van der Waals surface area contributed by atoms with Crippen LogP contribution in [-0.4, -0.2) is 19.0 Å². The lowest BCUT2D eigenvalue weighted by Crippen LogP contribution is -3.14. The van der Waals surface area contributed by atoms with Crippen LogP contribution in [0.2, 0.25) is 0 Å². The average molecular weight is 313 g/mol. The molecule has 1 saturated carbocycles. The van der Waals surface area contributed by atoms with E-state index in [1.54, 1.807) is 4.88 Å². The van der Waals surface area contributed by atoms with Crippen LogP contribution in [0.15, 0.2) is 41.8 Å². The first-order valence-corrected chi connectivity index (χ1v) is 8.95. The molecule has 4 heteroatoms. The summed E-state index contributed by atoms with van der Waals surface area (Å²) in [5.41, 5.74) is 2.41. The van der Waals surface area contributed by atoms with Gasteiger partial charge >= 0.3 is 0 Å². The standard InChI is InChI=1S/C18H20N2OS/c21-17(19-14-4-2-1-3-5-14)12-20-10-8-16-15(9-11-22-16)18(20)13-6-7-13/h1-5,9,11,13,18H,6-8,10,12H2,(H,19,21)/p+1/t18-/m1/s1. The number of quaternary nitrogens is 1. The number of anilines is 1. The Hall–Kier alpha value is -1.65. The van der Waals surface area contributed by atoms with Gasteiger partial charge in [-0.1, -0.05) is 18.2 Å². The molecule has 2 N–H and O–H groups in total. The fourth-order valence-corrected chi connectivity index (χ4v) is 4.56. The van der Waals surface area contributed by atoms with Crippen LogP contribution in [0.5, 0.6) is 0 Å². The van der Waals surface area contributed by atoms with Crippen LogP contribution in [0.25, 0.3) is 0 Å². The Balaban J connectivity index is 1.47. The minimum atomic E-state index is 0.130. The van der Waals surface area contributed by atoms with E-state index in [1.807, 2.05) is 41.7 Å². The number of rotatable bonds is 4.